The van der Waals surface area contributed by atoms with E-state index in [2.05, 4.69) is 4.72 Å². The van der Waals surface area contributed by atoms with Gasteiger partial charge in [0.1, 0.15) is 0 Å². The lowest BCUT2D eigenvalue weighted by molar-refractivity contribution is 0.476. The van der Waals surface area contributed by atoms with Gasteiger partial charge < -0.3 is 5.73 Å². The summed E-state index contributed by atoms with van der Waals surface area (Å²) in [6.45, 7) is 0.491. The minimum atomic E-state index is -3.50. The van der Waals surface area contributed by atoms with Crippen LogP contribution in [0.15, 0.2) is 23.1 Å². The molecule has 0 aromatic heterocycles. The Balaban J connectivity index is 2.02. The zero-order chi connectivity index (χ0) is 13.9. The topological polar surface area (TPSA) is 72.2 Å². The molecule has 7 heteroatoms. The van der Waals surface area contributed by atoms with Crippen molar-refractivity contribution in [2.24, 2.45) is 5.92 Å². The Morgan fingerprint density at radius 2 is 2.05 bits per heavy atom. The minimum Gasteiger partial charge on any atom is -0.398 e. The van der Waals surface area contributed by atoms with E-state index in [4.69, 9.17) is 17.3 Å². The highest BCUT2D eigenvalue weighted by Crippen LogP contribution is 2.24. The van der Waals surface area contributed by atoms with Gasteiger partial charge in [0.05, 0.1) is 15.6 Å². The fourth-order valence-electron chi connectivity index (χ4n) is 1.94. The molecule has 0 spiro atoms. The van der Waals surface area contributed by atoms with E-state index < -0.39 is 10.0 Å². The monoisotopic (exact) mass is 320 g/mol. The summed E-state index contributed by atoms with van der Waals surface area (Å²) in [7, 11) is -3.50. The highest BCUT2D eigenvalue weighted by molar-refractivity contribution is 7.99. The molecule has 1 aliphatic rings. The number of halogens is 1. The van der Waals surface area contributed by atoms with E-state index in [0.717, 1.165) is 24.3 Å². The smallest absolute Gasteiger partial charge is 0.240 e. The first-order chi connectivity index (χ1) is 8.99. The summed E-state index contributed by atoms with van der Waals surface area (Å²) >= 11 is 7.77. The zero-order valence-corrected chi connectivity index (χ0v) is 12.8. The van der Waals surface area contributed by atoms with Crippen molar-refractivity contribution in [3.63, 3.8) is 0 Å². The van der Waals surface area contributed by atoms with E-state index in [1.165, 1.54) is 18.2 Å². The molecule has 1 aromatic rings. The number of nitrogens with one attached hydrogen (secondary N) is 1. The first-order valence-corrected chi connectivity index (χ1v) is 9.13. The molecule has 0 amide bonds. The Bertz CT molecular complexity index is 543. The number of nitrogen functional groups attached to an aromatic ring is 1. The van der Waals surface area contributed by atoms with Crippen molar-refractivity contribution in [3.05, 3.63) is 23.2 Å². The molecule has 3 N–H and O–H groups in total. The number of benzene rings is 1. The van der Waals surface area contributed by atoms with Crippen LogP contribution in [0.5, 0.6) is 0 Å². The summed E-state index contributed by atoms with van der Waals surface area (Å²) in [6, 6.07) is 4.37. The largest absolute Gasteiger partial charge is 0.398 e. The minimum absolute atomic E-state index is 0.164. The highest BCUT2D eigenvalue weighted by atomic mass is 35.5. The predicted octanol–water partition coefficient (Wildman–Crippen LogP) is 2.34. The van der Waals surface area contributed by atoms with Crippen molar-refractivity contribution in [1.82, 2.24) is 4.72 Å². The Morgan fingerprint density at radius 3 is 2.68 bits per heavy atom. The van der Waals surface area contributed by atoms with Crippen LogP contribution in [0, 0.1) is 5.92 Å². The normalized spacial score (nSPS) is 17.5. The van der Waals surface area contributed by atoms with Gasteiger partial charge in [-0.2, -0.15) is 11.8 Å². The quantitative estimate of drug-likeness (QED) is 0.835. The lowest BCUT2D eigenvalue weighted by Crippen LogP contribution is -2.31. The van der Waals surface area contributed by atoms with Gasteiger partial charge in [-0.15, -0.1) is 0 Å². The Hall–Kier alpha value is -0.430. The SMILES string of the molecule is Nc1ccc(S(=O)(=O)NCC2CCSCC2)cc1Cl. The van der Waals surface area contributed by atoms with Crippen molar-refractivity contribution in [2.45, 2.75) is 17.7 Å². The second kappa shape index (κ2) is 6.35. The second-order valence-electron chi connectivity index (χ2n) is 4.59. The van der Waals surface area contributed by atoms with Gasteiger partial charge in [-0.1, -0.05) is 11.6 Å². The molecule has 1 fully saturated rings. The molecule has 19 heavy (non-hydrogen) atoms. The summed E-state index contributed by atoms with van der Waals surface area (Å²) in [5.74, 6) is 2.65. The summed E-state index contributed by atoms with van der Waals surface area (Å²) in [4.78, 5) is 0.164. The van der Waals surface area contributed by atoms with Crippen LogP contribution < -0.4 is 10.5 Å². The van der Waals surface area contributed by atoms with E-state index >= 15 is 0 Å². The van der Waals surface area contributed by atoms with Gasteiger partial charge in [0, 0.05) is 6.54 Å². The van der Waals surface area contributed by atoms with Gasteiger partial charge in [-0.25, -0.2) is 13.1 Å². The fourth-order valence-corrected chi connectivity index (χ4v) is 4.53. The molecule has 0 aliphatic carbocycles. The molecule has 1 heterocycles. The third-order valence-electron chi connectivity index (χ3n) is 3.19. The Kier molecular flexibility index (Phi) is 5.00. The van der Waals surface area contributed by atoms with E-state index in [0.29, 0.717) is 18.2 Å². The zero-order valence-electron chi connectivity index (χ0n) is 10.4. The number of hydrogen-bond donors (Lipinski definition) is 2. The van der Waals surface area contributed by atoms with Crippen molar-refractivity contribution in [2.75, 3.05) is 23.8 Å². The first-order valence-electron chi connectivity index (χ1n) is 6.11. The summed E-state index contributed by atoms with van der Waals surface area (Å²) in [5.41, 5.74) is 5.95. The molecule has 1 aliphatic heterocycles. The molecule has 0 unspecified atom stereocenters. The maximum atomic E-state index is 12.1. The number of hydrogen-bond acceptors (Lipinski definition) is 4. The van der Waals surface area contributed by atoms with Crippen molar-refractivity contribution in [1.29, 1.82) is 0 Å². The van der Waals surface area contributed by atoms with Crippen LogP contribution in [-0.2, 0) is 10.0 Å². The molecule has 0 atom stereocenters. The number of nitrogens with two attached hydrogens (primary N) is 1. The van der Waals surface area contributed by atoms with E-state index in [1.54, 1.807) is 0 Å². The maximum Gasteiger partial charge on any atom is 0.240 e. The Morgan fingerprint density at radius 1 is 1.37 bits per heavy atom. The van der Waals surface area contributed by atoms with Gasteiger partial charge in [-0.3, -0.25) is 0 Å². The number of sulfonamides is 1. The van der Waals surface area contributed by atoms with Crippen LogP contribution in [0.25, 0.3) is 0 Å². The molecule has 1 saturated heterocycles. The van der Waals surface area contributed by atoms with Crippen molar-refractivity contribution in [3.8, 4) is 0 Å². The molecule has 0 radical (unpaired) electrons. The lowest BCUT2D eigenvalue weighted by Gasteiger charge is -2.21. The molecule has 0 saturated carbocycles. The standard InChI is InChI=1S/C12H17ClN2O2S2/c13-11-7-10(1-2-12(11)14)19(16,17)15-8-9-3-5-18-6-4-9/h1-2,7,9,15H,3-6,8,14H2. The van der Waals surface area contributed by atoms with Gasteiger partial charge in [0.2, 0.25) is 10.0 Å². The van der Waals surface area contributed by atoms with Crippen molar-refractivity contribution >= 4 is 39.1 Å². The molecular formula is C12H17ClN2O2S2. The van der Waals surface area contributed by atoms with Crippen LogP contribution in [0.2, 0.25) is 5.02 Å². The molecule has 1 aromatic carbocycles. The van der Waals surface area contributed by atoms with Gasteiger partial charge in [0.25, 0.3) is 0 Å². The van der Waals surface area contributed by atoms with E-state index in [9.17, 15) is 8.42 Å². The average Bonchev–Trinajstić information content (AvgIpc) is 2.41. The molecule has 4 nitrogen and oxygen atoms in total. The average molecular weight is 321 g/mol. The summed E-state index contributed by atoms with van der Waals surface area (Å²) in [6.07, 6.45) is 2.13. The van der Waals surface area contributed by atoms with Crippen molar-refractivity contribution < 1.29 is 8.42 Å². The molecule has 106 valence electrons. The lowest BCUT2D eigenvalue weighted by atomic mass is 10.0. The number of anilines is 1. The third kappa shape index (κ3) is 4.02. The summed E-state index contributed by atoms with van der Waals surface area (Å²) < 4.78 is 26.9. The number of rotatable bonds is 4. The van der Waals surface area contributed by atoms with Crippen LogP contribution in [0.1, 0.15) is 12.8 Å². The molecule has 2 rings (SSSR count). The van der Waals surface area contributed by atoms with Crippen LogP contribution in [0.3, 0.4) is 0 Å². The van der Waals surface area contributed by atoms with Gasteiger partial charge in [-0.05, 0) is 48.5 Å². The van der Waals surface area contributed by atoms with Gasteiger partial charge >= 0.3 is 0 Å². The van der Waals surface area contributed by atoms with E-state index in [-0.39, 0.29) is 9.92 Å². The molecule has 0 bridgehead atoms. The van der Waals surface area contributed by atoms with Gasteiger partial charge in [0.15, 0.2) is 0 Å². The Labute approximate surface area is 123 Å². The van der Waals surface area contributed by atoms with Crippen LogP contribution in [0.4, 0.5) is 5.69 Å². The second-order valence-corrected chi connectivity index (χ2v) is 7.99. The third-order valence-corrected chi connectivity index (χ3v) is 5.98. The predicted molar refractivity (Wildman–Crippen MR) is 81.1 cm³/mol. The van der Waals surface area contributed by atoms with E-state index in [1.807, 2.05) is 11.8 Å². The maximum absolute atomic E-state index is 12.1. The number of thioether (sulfide) groups is 1. The fraction of sp³-hybridized carbons (Fsp3) is 0.500. The molecular weight excluding hydrogens is 304 g/mol. The van der Waals surface area contributed by atoms with Crippen LogP contribution >= 0.6 is 23.4 Å². The van der Waals surface area contributed by atoms with Crippen LogP contribution in [-0.4, -0.2) is 26.5 Å². The summed E-state index contributed by atoms with van der Waals surface area (Å²) in [5, 5.41) is 0.261. The first kappa shape index (κ1) is 15.0. The highest BCUT2D eigenvalue weighted by Gasteiger charge is 2.19.